The van der Waals surface area contributed by atoms with Crippen LogP contribution in [-0.2, 0) is 12.8 Å². The van der Waals surface area contributed by atoms with Crippen molar-refractivity contribution in [1.29, 1.82) is 0 Å². The van der Waals surface area contributed by atoms with Crippen molar-refractivity contribution in [1.82, 2.24) is 0 Å². The molecule has 3 rings (SSSR count). The van der Waals surface area contributed by atoms with Gasteiger partial charge in [-0.2, -0.15) is 0 Å². The highest BCUT2D eigenvalue weighted by molar-refractivity contribution is 6.10. The van der Waals surface area contributed by atoms with Gasteiger partial charge in [0.1, 0.15) is 5.82 Å². The third-order valence-corrected chi connectivity index (χ3v) is 4.05. The van der Waals surface area contributed by atoms with Crippen LogP contribution >= 0.6 is 0 Å². The van der Waals surface area contributed by atoms with E-state index in [1.54, 1.807) is 6.07 Å². The summed E-state index contributed by atoms with van der Waals surface area (Å²) in [5, 5.41) is 0. The average molecular weight is 268 g/mol. The Morgan fingerprint density at radius 2 is 1.75 bits per heavy atom. The Hall–Kier alpha value is -1.96. The molecule has 0 N–H and O–H groups in total. The van der Waals surface area contributed by atoms with Crippen LogP contribution in [0.2, 0.25) is 0 Å². The van der Waals surface area contributed by atoms with Crippen molar-refractivity contribution in [2.24, 2.45) is 0 Å². The van der Waals surface area contributed by atoms with Gasteiger partial charge in [0.05, 0.1) is 0 Å². The molecule has 2 aromatic rings. The maximum atomic E-state index is 13.3. The molecule has 0 unspecified atom stereocenters. The molecule has 20 heavy (non-hydrogen) atoms. The van der Waals surface area contributed by atoms with E-state index in [1.165, 1.54) is 36.1 Å². The number of carbonyl (C=O) groups is 1. The standard InChI is InChI=1S/C18H17FO/c1-12-6-9-16(19)11-17(12)18(20)15-8-7-13-4-2-3-5-14(13)10-15/h6-11H,2-5H2,1H3. The largest absolute Gasteiger partial charge is 0.289 e. The highest BCUT2D eigenvalue weighted by atomic mass is 19.1. The van der Waals surface area contributed by atoms with E-state index in [1.807, 2.05) is 19.1 Å². The van der Waals surface area contributed by atoms with Gasteiger partial charge in [-0.05, 0) is 67.5 Å². The number of aryl methyl sites for hydroxylation is 3. The van der Waals surface area contributed by atoms with Gasteiger partial charge in [-0.1, -0.05) is 18.2 Å². The van der Waals surface area contributed by atoms with Gasteiger partial charge in [-0.3, -0.25) is 4.79 Å². The van der Waals surface area contributed by atoms with Gasteiger partial charge >= 0.3 is 0 Å². The molecule has 2 heteroatoms. The van der Waals surface area contributed by atoms with Gasteiger partial charge < -0.3 is 0 Å². The van der Waals surface area contributed by atoms with Gasteiger partial charge in [0, 0.05) is 11.1 Å². The van der Waals surface area contributed by atoms with Crippen molar-refractivity contribution < 1.29 is 9.18 Å². The average Bonchev–Trinajstić information content (AvgIpc) is 2.48. The van der Waals surface area contributed by atoms with Crippen molar-refractivity contribution >= 4 is 5.78 Å². The lowest BCUT2D eigenvalue weighted by Crippen LogP contribution is -2.08. The second-order valence-corrected chi connectivity index (χ2v) is 5.48. The van der Waals surface area contributed by atoms with E-state index in [0.717, 1.165) is 18.4 Å². The van der Waals surface area contributed by atoms with Crippen molar-refractivity contribution in [3.63, 3.8) is 0 Å². The molecule has 0 aromatic heterocycles. The summed E-state index contributed by atoms with van der Waals surface area (Å²) < 4.78 is 13.3. The summed E-state index contributed by atoms with van der Waals surface area (Å²) in [5.41, 5.74) is 4.56. The van der Waals surface area contributed by atoms with E-state index in [-0.39, 0.29) is 11.6 Å². The fourth-order valence-electron chi connectivity index (χ4n) is 2.87. The van der Waals surface area contributed by atoms with Crippen molar-refractivity contribution in [3.8, 4) is 0 Å². The highest BCUT2D eigenvalue weighted by Crippen LogP contribution is 2.24. The zero-order chi connectivity index (χ0) is 14.1. The van der Waals surface area contributed by atoms with Crippen LogP contribution in [0.5, 0.6) is 0 Å². The zero-order valence-corrected chi connectivity index (χ0v) is 11.6. The highest BCUT2D eigenvalue weighted by Gasteiger charge is 2.16. The van der Waals surface area contributed by atoms with E-state index in [4.69, 9.17) is 0 Å². The predicted molar refractivity (Wildman–Crippen MR) is 77.7 cm³/mol. The normalized spacial score (nSPS) is 13.9. The lowest BCUT2D eigenvalue weighted by Gasteiger charge is -2.16. The molecular formula is C18H17FO. The summed E-state index contributed by atoms with van der Waals surface area (Å²) in [7, 11) is 0. The molecular weight excluding hydrogens is 251 g/mol. The number of halogens is 1. The Morgan fingerprint density at radius 1 is 1.00 bits per heavy atom. The van der Waals surface area contributed by atoms with Crippen LogP contribution in [0.1, 0.15) is 45.5 Å². The fourth-order valence-corrected chi connectivity index (χ4v) is 2.87. The third kappa shape index (κ3) is 2.38. The predicted octanol–water partition coefficient (Wildman–Crippen LogP) is 4.24. The fraction of sp³-hybridized carbons (Fsp3) is 0.278. The number of benzene rings is 2. The molecule has 1 aliphatic carbocycles. The molecule has 2 aromatic carbocycles. The van der Waals surface area contributed by atoms with Crippen LogP contribution in [0, 0.1) is 12.7 Å². The first-order valence-corrected chi connectivity index (χ1v) is 7.08. The zero-order valence-electron chi connectivity index (χ0n) is 11.6. The first kappa shape index (κ1) is 13.0. The molecule has 1 nitrogen and oxygen atoms in total. The Balaban J connectivity index is 2.00. The molecule has 0 atom stereocenters. The van der Waals surface area contributed by atoms with Crippen LogP contribution in [0.15, 0.2) is 36.4 Å². The molecule has 0 radical (unpaired) electrons. The van der Waals surface area contributed by atoms with Crippen molar-refractivity contribution in [3.05, 3.63) is 70.0 Å². The smallest absolute Gasteiger partial charge is 0.193 e. The van der Waals surface area contributed by atoms with Crippen LogP contribution in [-0.4, -0.2) is 5.78 Å². The summed E-state index contributed by atoms with van der Waals surface area (Å²) in [6.07, 6.45) is 4.55. The third-order valence-electron chi connectivity index (χ3n) is 4.05. The van der Waals surface area contributed by atoms with Crippen LogP contribution in [0.3, 0.4) is 0 Å². The van der Waals surface area contributed by atoms with Crippen molar-refractivity contribution in [2.45, 2.75) is 32.6 Å². The monoisotopic (exact) mass is 268 g/mol. The molecule has 0 spiro atoms. The second-order valence-electron chi connectivity index (χ2n) is 5.48. The van der Waals surface area contributed by atoms with Gasteiger partial charge in [-0.25, -0.2) is 4.39 Å². The maximum absolute atomic E-state index is 13.3. The van der Waals surface area contributed by atoms with Gasteiger partial charge in [0.2, 0.25) is 0 Å². The Labute approximate surface area is 118 Å². The minimum absolute atomic E-state index is 0.0876. The summed E-state index contributed by atoms with van der Waals surface area (Å²) in [4.78, 5) is 12.5. The molecule has 0 heterocycles. The molecule has 0 aliphatic heterocycles. The number of ketones is 1. The summed E-state index contributed by atoms with van der Waals surface area (Å²) in [5.74, 6) is -0.452. The molecule has 0 bridgehead atoms. The molecule has 0 amide bonds. The van der Waals surface area contributed by atoms with E-state index in [9.17, 15) is 9.18 Å². The molecule has 0 saturated carbocycles. The van der Waals surface area contributed by atoms with E-state index >= 15 is 0 Å². The van der Waals surface area contributed by atoms with Crippen molar-refractivity contribution in [2.75, 3.05) is 0 Å². The van der Waals surface area contributed by atoms with Crippen LogP contribution in [0.25, 0.3) is 0 Å². The SMILES string of the molecule is Cc1ccc(F)cc1C(=O)c1ccc2c(c1)CCCC2. The molecule has 0 saturated heterocycles. The minimum atomic E-state index is -0.364. The maximum Gasteiger partial charge on any atom is 0.193 e. The number of fused-ring (bicyclic) bond motifs is 1. The Morgan fingerprint density at radius 3 is 2.55 bits per heavy atom. The Kier molecular flexibility index (Phi) is 3.39. The molecule has 1 aliphatic rings. The first-order valence-electron chi connectivity index (χ1n) is 7.08. The summed E-state index contributed by atoms with van der Waals surface area (Å²) in [6.45, 7) is 1.84. The van der Waals surface area contributed by atoms with E-state index in [2.05, 4.69) is 6.07 Å². The quantitative estimate of drug-likeness (QED) is 0.744. The summed E-state index contributed by atoms with van der Waals surface area (Å²) in [6, 6.07) is 10.3. The lowest BCUT2D eigenvalue weighted by molar-refractivity contribution is 0.103. The van der Waals surface area contributed by atoms with Crippen LogP contribution in [0.4, 0.5) is 4.39 Å². The first-order chi connectivity index (χ1) is 9.65. The topological polar surface area (TPSA) is 17.1 Å². The number of carbonyl (C=O) groups excluding carboxylic acids is 1. The minimum Gasteiger partial charge on any atom is -0.289 e. The van der Waals surface area contributed by atoms with E-state index in [0.29, 0.717) is 11.1 Å². The number of hydrogen-bond acceptors (Lipinski definition) is 1. The van der Waals surface area contributed by atoms with Gasteiger partial charge in [0.15, 0.2) is 5.78 Å². The van der Waals surface area contributed by atoms with E-state index < -0.39 is 0 Å². The van der Waals surface area contributed by atoms with Crippen LogP contribution < -0.4 is 0 Å². The molecule has 102 valence electrons. The molecule has 0 fully saturated rings. The Bertz CT molecular complexity index is 673. The second kappa shape index (κ2) is 5.20. The number of rotatable bonds is 2. The summed E-state index contributed by atoms with van der Waals surface area (Å²) >= 11 is 0. The van der Waals surface area contributed by atoms with Gasteiger partial charge in [-0.15, -0.1) is 0 Å². The number of hydrogen-bond donors (Lipinski definition) is 0. The van der Waals surface area contributed by atoms with Gasteiger partial charge in [0.25, 0.3) is 0 Å². The lowest BCUT2D eigenvalue weighted by atomic mass is 9.88.